The van der Waals surface area contributed by atoms with Gasteiger partial charge >= 0.3 is 0 Å². The molecular formula is C9H17N3S2. The summed E-state index contributed by atoms with van der Waals surface area (Å²) in [5.41, 5.74) is 0. The third kappa shape index (κ3) is 3.94. The molecule has 0 amide bonds. The molecule has 1 unspecified atom stereocenters. The van der Waals surface area contributed by atoms with Crippen LogP contribution in [0.25, 0.3) is 0 Å². The quantitative estimate of drug-likeness (QED) is 0.763. The second kappa shape index (κ2) is 6.37. The van der Waals surface area contributed by atoms with Crippen LogP contribution in [0.4, 0.5) is 0 Å². The Balaban J connectivity index is 2.31. The molecule has 0 spiro atoms. The van der Waals surface area contributed by atoms with Gasteiger partial charge in [-0.05, 0) is 20.4 Å². The molecule has 1 aromatic heterocycles. The standard InChI is InChI=1S/C9H17N3S2/c1-4-5-8(10-3)6-13-9-12-11-7(2)14-9/h8,10H,4-6H2,1-3H3. The maximum atomic E-state index is 4.09. The second-order valence-corrected chi connectivity index (χ2v) is 5.62. The Bertz CT molecular complexity index is 262. The second-order valence-electron chi connectivity index (χ2n) is 3.17. The highest BCUT2D eigenvalue weighted by Gasteiger charge is 2.07. The zero-order valence-electron chi connectivity index (χ0n) is 8.91. The highest BCUT2D eigenvalue weighted by Crippen LogP contribution is 2.23. The van der Waals surface area contributed by atoms with Crippen LogP contribution < -0.4 is 5.32 Å². The van der Waals surface area contributed by atoms with Crippen molar-refractivity contribution in [2.45, 2.75) is 37.1 Å². The smallest absolute Gasteiger partial charge is 0.174 e. The molecule has 0 bridgehead atoms. The molecule has 0 aliphatic rings. The Labute approximate surface area is 93.7 Å². The summed E-state index contributed by atoms with van der Waals surface area (Å²) in [6.45, 7) is 4.20. The fourth-order valence-electron chi connectivity index (χ4n) is 1.17. The van der Waals surface area contributed by atoms with Gasteiger partial charge in [-0.3, -0.25) is 0 Å². The largest absolute Gasteiger partial charge is 0.316 e. The first-order valence-electron chi connectivity index (χ1n) is 4.86. The molecule has 5 heteroatoms. The fraction of sp³-hybridized carbons (Fsp3) is 0.778. The maximum absolute atomic E-state index is 4.09. The van der Waals surface area contributed by atoms with Crippen LogP contribution in [-0.4, -0.2) is 29.0 Å². The van der Waals surface area contributed by atoms with E-state index in [1.54, 1.807) is 23.1 Å². The minimum absolute atomic E-state index is 0.592. The number of rotatable bonds is 6. The van der Waals surface area contributed by atoms with Crippen molar-refractivity contribution in [1.29, 1.82) is 0 Å². The summed E-state index contributed by atoms with van der Waals surface area (Å²) in [5.74, 6) is 1.08. The van der Waals surface area contributed by atoms with Crippen LogP contribution >= 0.6 is 23.1 Å². The van der Waals surface area contributed by atoms with Crippen molar-refractivity contribution in [3.63, 3.8) is 0 Å². The third-order valence-corrected chi connectivity index (χ3v) is 4.10. The lowest BCUT2D eigenvalue weighted by Crippen LogP contribution is -2.27. The average Bonchev–Trinajstić information content (AvgIpc) is 2.59. The van der Waals surface area contributed by atoms with Crippen LogP contribution in [-0.2, 0) is 0 Å². The summed E-state index contributed by atoms with van der Waals surface area (Å²) in [4.78, 5) is 0. The van der Waals surface area contributed by atoms with E-state index in [2.05, 4.69) is 22.4 Å². The third-order valence-electron chi connectivity index (χ3n) is 1.96. The highest BCUT2D eigenvalue weighted by molar-refractivity contribution is 8.01. The number of aryl methyl sites for hydroxylation is 1. The Morgan fingerprint density at radius 2 is 2.29 bits per heavy atom. The first-order chi connectivity index (χ1) is 6.76. The Morgan fingerprint density at radius 1 is 1.50 bits per heavy atom. The van der Waals surface area contributed by atoms with Crippen molar-refractivity contribution in [2.75, 3.05) is 12.8 Å². The molecule has 0 fully saturated rings. The molecule has 0 saturated heterocycles. The van der Waals surface area contributed by atoms with Crippen LogP contribution in [0, 0.1) is 6.92 Å². The number of hydrogen-bond acceptors (Lipinski definition) is 5. The van der Waals surface area contributed by atoms with Gasteiger partial charge in [-0.2, -0.15) is 0 Å². The number of nitrogens with one attached hydrogen (secondary N) is 1. The Kier molecular flexibility index (Phi) is 5.44. The molecular weight excluding hydrogens is 214 g/mol. The lowest BCUT2D eigenvalue weighted by molar-refractivity contribution is 0.564. The predicted octanol–water partition coefficient (Wildman–Crippen LogP) is 2.33. The number of hydrogen-bond donors (Lipinski definition) is 1. The number of thioether (sulfide) groups is 1. The van der Waals surface area contributed by atoms with Gasteiger partial charge in [-0.25, -0.2) is 0 Å². The molecule has 0 radical (unpaired) electrons. The molecule has 1 aromatic rings. The van der Waals surface area contributed by atoms with E-state index in [4.69, 9.17) is 0 Å². The maximum Gasteiger partial charge on any atom is 0.174 e. The molecule has 3 nitrogen and oxygen atoms in total. The van der Waals surface area contributed by atoms with Crippen molar-refractivity contribution >= 4 is 23.1 Å². The van der Waals surface area contributed by atoms with E-state index in [0.29, 0.717) is 6.04 Å². The minimum atomic E-state index is 0.592. The molecule has 0 aliphatic carbocycles. The van der Waals surface area contributed by atoms with Crippen LogP contribution in [0.3, 0.4) is 0 Å². The van der Waals surface area contributed by atoms with Gasteiger partial charge in [-0.1, -0.05) is 36.4 Å². The van der Waals surface area contributed by atoms with Crippen LogP contribution in [0.5, 0.6) is 0 Å². The van der Waals surface area contributed by atoms with Gasteiger partial charge in [0.05, 0.1) is 0 Å². The first-order valence-corrected chi connectivity index (χ1v) is 6.66. The lowest BCUT2D eigenvalue weighted by atomic mass is 10.2. The average molecular weight is 231 g/mol. The van der Waals surface area contributed by atoms with E-state index in [1.165, 1.54) is 12.8 Å². The summed E-state index contributed by atoms with van der Waals surface area (Å²) in [6, 6.07) is 0.592. The molecule has 14 heavy (non-hydrogen) atoms. The summed E-state index contributed by atoms with van der Waals surface area (Å²) in [6.07, 6.45) is 2.45. The topological polar surface area (TPSA) is 37.8 Å². The van der Waals surface area contributed by atoms with Gasteiger partial charge in [0.25, 0.3) is 0 Å². The van der Waals surface area contributed by atoms with Crippen LogP contribution in [0.2, 0.25) is 0 Å². The molecule has 0 saturated carbocycles. The monoisotopic (exact) mass is 231 g/mol. The van der Waals surface area contributed by atoms with E-state index in [-0.39, 0.29) is 0 Å². The van der Waals surface area contributed by atoms with Gasteiger partial charge in [-0.15, -0.1) is 10.2 Å². The molecule has 1 heterocycles. The van der Waals surface area contributed by atoms with E-state index in [0.717, 1.165) is 15.1 Å². The van der Waals surface area contributed by atoms with Crippen molar-refractivity contribution in [3.8, 4) is 0 Å². The molecule has 1 atom stereocenters. The first kappa shape index (κ1) is 11.9. The summed E-state index contributed by atoms with van der Waals surface area (Å²) in [7, 11) is 2.02. The zero-order valence-corrected chi connectivity index (χ0v) is 10.5. The number of aromatic nitrogens is 2. The van der Waals surface area contributed by atoms with E-state index in [1.807, 2.05) is 14.0 Å². The van der Waals surface area contributed by atoms with E-state index in [9.17, 15) is 0 Å². The SMILES string of the molecule is CCCC(CSc1nnc(C)s1)NC. The summed E-state index contributed by atoms with van der Waals surface area (Å²) in [5, 5.41) is 12.4. The van der Waals surface area contributed by atoms with Gasteiger partial charge in [0.15, 0.2) is 4.34 Å². The van der Waals surface area contributed by atoms with Gasteiger partial charge < -0.3 is 5.32 Å². The van der Waals surface area contributed by atoms with Gasteiger partial charge in [0.2, 0.25) is 0 Å². The van der Waals surface area contributed by atoms with Crippen LogP contribution in [0.1, 0.15) is 24.8 Å². The highest BCUT2D eigenvalue weighted by atomic mass is 32.2. The van der Waals surface area contributed by atoms with Crippen LogP contribution in [0.15, 0.2) is 4.34 Å². The molecule has 0 aliphatic heterocycles. The van der Waals surface area contributed by atoms with Gasteiger partial charge in [0, 0.05) is 11.8 Å². The van der Waals surface area contributed by atoms with Gasteiger partial charge in [0.1, 0.15) is 5.01 Å². The van der Waals surface area contributed by atoms with E-state index < -0.39 is 0 Å². The molecule has 1 rings (SSSR count). The molecule has 0 aromatic carbocycles. The summed E-state index contributed by atoms with van der Waals surface area (Å²) < 4.78 is 1.08. The number of nitrogens with zero attached hydrogens (tertiary/aromatic N) is 2. The van der Waals surface area contributed by atoms with Crippen molar-refractivity contribution in [2.24, 2.45) is 0 Å². The summed E-state index contributed by atoms with van der Waals surface area (Å²) >= 11 is 3.47. The Hall–Kier alpha value is -0.130. The Morgan fingerprint density at radius 3 is 2.79 bits per heavy atom. The molecule has 1 N–H and O–H groups in total. The van der Waals surface area contributed by atoms with Crippen molar-refractivity contribution in [3.05, 3.63) is 5.01 Å². The lowest BCUT2D eigenvalue weighted by Gasteiger charge is -2.12. The van der Waals surface area contributed by atoms with Crippen molar-refractivity contribution in [1.82, 2.24) is 15.5 Å². The predicted molar refractivity (Wildman–Crippen MR) is 63.1 cm³/mol. The fourth-order valence-corrected chi connectivity index (χ4v) is 3.16. The minimum Gasteiger partial charge on any atom is -0.316 e. The normalized spacial score (nSPS) is 13.1. The van der Waals surface area contributed by atoms with Crippen molar-refractivity contribution < 1.29 is 0 Å². The zero-order chi connectivity index (χ0) is 10.4. The van der Waals surface area contributed by atoms with E-state index >= 15 is 0 Å². The molecule has 80 valence electrons.